The topological polar surface area (TPSA) is 62.7 Å². The second-order valence-corrected chi connectivity index (χ2v) is 4.43. The van der Waals surface area contributed by atoms with Crippen LogP contribution in [0.5, 0.6) is 0 Å². The molecule has 5 heteroatoms. The molecule has 2 rings (SSSR count). The second kappa shape index (κ2) is 5.93. The first-order valence-electron chi connectivity index (χ1n) is 6.17. The van der Waals surface area contributed by atoms with Crippen molar-refractivity contribution in [1.82, 2.24) is 9.88 Å². The van der Waals surface area contributed by atoms with Crippen LogP contribution in [0.25, 0.3) is 0 Å². The number of carboxylic acid groups (broad SMARTS) is 1. The van der Waals surface area contributed by atoms with E-state index in [1.165, 1.54) is 0 Å². The van der Waals surface area contributed by atoms with Gasteiger partial charge in [-0.15, -0.1) is 0 Å². The zero-order chi connectivity index (χ0) is 13.0. The highest BCUT2D eigenvalue weighted by Crippen LogP contribution is 2.21. The van der Waals surface area contributed by atoms with E-state index in [2.05, 4.69) is 9.88 Å². The van der Waals surface area contributed by atoms with Crippen LogP contribution in [0.3, 0.4) is 0 Å². The van der Waals surface area contributed by atoms with Crippen LogP contribution in [0, 0.1) is 5.92 Å². The van der Waals surface area contributed by atoms with Crippen LogP contribution in [0.2, 0.25) is 0 Å². The summed E-state index contributed by atoms with van der Waals surface area (Å²) in [5.41, 5.74) is 0.954. The molecule has 0 aromatic carbocycles. The molecule has 1 saturated heterocycles. The highest BCUT2D eigenvalue weighted by molar-refractivity contribution is 5.71. The van der Waals surface area contributed by atoms with Crippen LogP contribution in [0.15, 0.2) is 24.4 Å². The molecule has 1 N–H and O–H groups in total. The summed E-state index contributed by atoms with van der Waals surface area (Å²) in [7, 11) is 0. The van der Waals surface area contributed by atoms with Crippen LogP contribution in [-0.4, -0.2) is 46.8 Å². The molecule has 1 aromatic rings. The number of pyridine rings is 1. The summed E-state index contributed by atoms with van der Waals surface area (Å²) in [5.74, 6) is -1.22. The van der Waals surface area contributed by atoms with Crippen LogP contribution in [0.4, 0.5) is 0 Å². The lowest BCUT2D eigenvalue weighted by atomic mass is 10.0. The minimum atomic E-state index is -0.781. The highest BCUT2D eigenvalue weighted by Gasteiger charge is 2.37. The summed E-state index contributed by atoms with van der Waals surface area (Å²) in [6.45, 7) is 4.26. The van der Waals surface area contributed by atoms with Gasteiger partial charge in [0.25, 0.3) is 0 Å². The first-order valence-corrected chi connectivity index (χ1v) is 6.17. The van der Waals surface area contributed by atoms with Crippen molar-refractivity contribution in [2.24, 2.45) is 5.92 Å². The zero-order valence-corrected chi connectivity index (χ0v) is 10.5. The molecule has 0 spiro atoms. The number of nitrogens with zero attached hydrogens (tertiary/aromatic N) is 2. The monoisotopic (exact) mass is 250 g/mol. The number of likely N-dealkylation sites (N-methyl/N-ethyl adjacent to an activating group) is 1. The van der Waals surface area contributed by atoms with Crippen molar-refractivity contribution in [1.29, 1.82) is 0 Å². The van der Waals surface area contributed by atoms with Crippen molar-refractivity contribution in [3.05, 3.63) is 30.1 Å². The van der Waals surface area contributed by atoms with Gasteiger partial charge in [0.1, 0.15) is 0 Å². The van der Waals surface area contributed by atoms with Gasteiger partial charge in [-0.05, 0) is 18.7 Å². The highest BCUT2D eigenvalue weighted by atomic mass is 16.5. The standard InChI is InChI=1S/C13H18N2O3/c1-2-15(7-10-5-3-4-6-14-10)12-9-18-8-11(12)13(16)17/h3-6,11-12H,2,7-9H2,1H3,(H,16,17). The molecule has 1 aliphatic heterocycles. The lowest BCUT2D eigenvalue weighted by molar-refractivity contribution is -0.143. The van der Waals surface area contributed by atoms with Gasteiger partial charge >= 0.3 is 5.97 Å². The number of carboxylic acids is 1. The zero-order valence-electron chi connectivity index (χ0n) is 10.5. The Balaban J connectivity index is 2.06. The van der Waals surface area contributed by atoms with E-state index >= 15 is 0 Å². The lowest BCUT2D eigenvalue weighted by Crippen LogP contribution is -2.42. The fraction of sp³-hybridized carbons (Fsp3) is 0.538. The summed E-state index contributed by atoms with van der Waals surface area (Å²) in [6, 6.07) is 5.71. The number of aliphatic carboxylic acids is 1. The molecule has 1 fully saturated rings. The molecule has 0 amide bonds. The van der Waals surface area contributed by atoms with E-state index in [4.69, 9.17) is 4.74 Å². The molecule has 2 heterocycles. The number of carbonyl (C=O) groups is 1. The van der Waals surface area contributed by atoms with Crippen molar-refractivity contribution in [3.8, 4) is 0 Å². The normalized spacial score (nSPS) is 23.4. The van der Waals surface area contributed by atoms with E-state index in [0.29, 0.717) is 19.8 Å². The number of rotatable bonds is 5. The summed E-state index contributed by atoms with van der Waals surface area (Å²) >= 11 is 0. The Bertz CT molecular complexity index is 396. The maximum absolute atomic E-state index is 11.2. The number of ether oxygens (including phenoxy) is 1. The van der Waals surface area contributed by atoms with Gasteiger partial charge < -0.3 is 9.84 Å². The average Bonchev–Trinajstić information content (AvgIpc) is 2.86. The first kappa shape index (κ1) is 13.0. The Morgan fingerprint density at radius 3 is 3.00 bits per heavy atom. The summed E-state index contributed by atoms with van der Waals surface area (Å²) in [6.07, 6.45) is 1.75. The van der Waals surface area contributed by atoms with Crippen LogP contribution in [0.1, 0.15) is 12.6 Å². The smallest absolute Gasteiger partial charge is 0.310 e. The van der Waals surface area contributed by atoms with E-state index < -0.39 is 11.9 Å². The molecular formula is C13H18N2O3. The fourth-order valence-corrected chi connectivity index (χ4v) is 2.30. The van der Waals surface area contributed by atoms with Crippen LogP contribution in [-0.2, 0) is 16.1 Å². The molecule has 1 aromatic heterocycles. The Morgan fingerprint density at radius 2 is 2.39 bits per heavy atom. The van der Waals surface area contributed by atoms with E-state index in [1.54, 1.807) is 6.20 Å². The van der Waals surface area contributed by atoms with Gasteiger partial charge in [-0.2, -0.15) is 0 Å². The molecule has 18 heavy (non-hydrogen) atoms. The van der Waals surface area contributed by atoms with Gasteiger partial charge in [-0.3, -0.25) is 14.7 Å². The maximum Gasteiger partial charge on any atom is 0.310 e. The number of aromatic nitrogens is 1. The minimum absolute atomic E-state index is 0.0606. The second-order valence-electron chi connectivity index (χ2n) is 4.43. The molecule has 5 nitrogen and oxygen atoms in total. The fourth-order valence-electron chi connectivity index (χ4n) is 2.30. The molecule has 0 aliphatic carbocycles. The third-order valence-corrected chi connectivity index (χ3v) is 3.33. The predicted molar refractivity (Wildman–Crippen MR) is 66.1 cm³/mol. The summed E-state index contributed by atoms with van der Waals surface area (Å²) in [4.78, 5) is 17.6. The van der Waals surface area contributed by atoms with Gasteiger partial charge in [-0.1, -0.05) is 13.0 Å². The quantitative estimate of drug-likeness (QED) is 0.844. The maximum atomic E-state index is 11.2. The van der Waals surface area contributed by atoms with Gasteiger partial charge in [0, 0.05) is 18.8 Å². The molecule has 98 valence electrons. The third kappa shape index (κ3) is 2.86. The number of hydrogen-bond acceptors (Lipinski definition) is 4. The van der Waals surface area contributed by atoms with Gasteiger partial charge in [0.15, 0.2) is 0 Å². The van der Waals surface area contributed by atoms with E-state index in [9.17, 15) is 9.90 Å². The van der Waals surface area contributed by atoms with Gasteiger partial charge in [0.05, 0.1) is 24.8 Å². The predicted octanol–water partition coefficient (Wildman–Crippen LogP) is 1.00. The van der Waals surface area contributed by atoms with Crippen LogP contribution >= 0.6 is 0 Å². The van der Waals surface area contributed by atoms with Crippen molar-refractivity contribution in [3.63, 3.8) is 0 Å². The van der Waals surface area contributed by atoms with Crippen molar-refractivity contribution >= 4 is 5.97 Å². The summed E-state index contributed by atoms with van der Waals surface area (Å²) < 4.78 is 5.31. The van der Waals surface area contributed by atoms with Crippen molar-refractivity contribution < 1.29 is 14.6 Å². The van der Waals surface area contributed by atoms with Crippen molar-refractivity contribution in [2.75, 3.05) is 19.8 Å². The van der Waals surface area contributed by atoms with E-state index in [1.807, 2.05) is 25.1 Å². The Labute approximate surface area is 106 Å². The van der Waals surface area contributed by atoms with Crippen molar-refractivity contribution in [2.45, 2.75) is 19.5 Å². The largest absolute Gasteiger partial charge is 0.481 e. The Kier molecular flexibility index (Phi) is 4.28. The lowest BCUT2D eigenvalue weighted by Gasteiger charge is -2.28. The van der Waals surface area contributed by atoms with E-state index in [-0.39, 0.29) is 6.04 Å². The van der Waals surface area contributed by atoms with Crippen LogP contribution < -0.4 is 0 Å². The minimum Gasteiger partial charge on any atom is -0.481 e. The molecule has 0 radical (unpaired) electrons. The molecule has 2 unspecified atom stereocenters. The molecule has 0 saturated carbocycles. The molecule has 1 aliphatic rings. The third-order valence-electron chi connectivity index (χ3n) is 3.33. The Morgan fingerprint density at radius 1 is 1.56 bits per heavy atom. The first-order chi connectivity index (χ1) is 8.72. The van der Waals surface area contributed by atoms with Gasteiger partial charge in [-0.25, -0.2) is 0 Å². The SMILES string of the molecule is CCN(Cc1ccccn1)C1COCC1C(=O)O. The Hall–Kier alpha value is -1.46. The van der Waals surface area contributed by atoms with Gasteiger partial charge in [0.2, 0.25) is 0 Å². The average molecular weight is 250 g/mol. The molecule has 0 bridgehead atoms. The number of hydrogen-bond donors (Lipinski definition) is 1. The molecule has 2 atom stereocenters. The molecular weight excluding hydrogens is 232 g/mol. The van der Waals surface area contributed by atoms with E-state index in [0.717, 1.165) is 12.2 Å². The summed E-state index contributed by atoms with van der Waals surface area (Å²) in [5, 5.41) is 9.17.